The lowest BCUT2D eigenvalue weighted by Crippen LogP contribution is -2.53. The number of aliphatic hydroxyl groups excluding tert-OH is 1. The molecule has 2 aliphatic carbocycles. The number of hydrogen-bond donors (Lipinski definition) is 2. The molecule has 3 fully saturated rings. The molecule has 0 spiro atoms. The van der Waals surface area contributed by atoms with Gasteiger partial charge in [0.15, 0.2) is 0 Å². The van der Waals surface area contributed by atoms with Crippen molar-refractivity contribution in [2.75, 3.05) is 19.1 Å². The number of halogens is 2. The van der Waals surface area contributed by atoms with E-state index in [4.69, 9.17) is 32.4 Å². The summed E-state index contributed by atoms with van der Waals surface area (Å²) in [6.07, 6.45) is 2.42. The van der Waals surface area contributed by atoms with Gasteiger partial charge in [-0.05, 0) is 73.7 Å². The van der Waals surface area contributed by atoms with Crippen LogP contribution in [0.3, 0.4) is 0 Å². The van der Waals surface area contributed by atoms with Gasteiger partial charge in [-0.2, -0.15) is 5.01 Å². The van der Waals surface area contributed by atoms with Crippen LogP contribution in [-0.2, 0) is 31.2 Å². The van der Waals surface area contributed by atoms with Crippen molar-refractivity contribution in [3.63, 3.8) is 0 Å². The molecule has 0 bridgehead atoms. The zero-order valence-electron chi connectivity index (χ0n) is 25.0. The molecule has 12 heteroatoms. The highest BCUT2D eigenvalue weighted by Gasteiger charge is 2.71. The molecule has 238 valence electrons. The first kappa shape index (κ1) is 30.5. The number of amides is 4. The van der Waals surface area contributed by atoms with Crippen molar-refractivity contribution >= 4 is 52.5 Å². The minimum atomic E-state index is -1.52. The normalized spacial score (nSPS) is 28.6. The Morgan fingerprint density at radius 3 is 2.41 bits per heavy atom. The number of hydrogen-bond acceptors (Lipinski definition) is 8. The van der Waals surface area contributed by atoms with Crippen LogP contribution in [0, 0.1) is 23.7 Å². The summed E-state index contributed by atoms with van der Waals surface area (Å²) in [6, 6.07) is 15.0. The summed E-state index contributed by atoms with van der Waals surface area (Å²) in [5.74, 6) is -3.82. The smallest absolute Gasteiger partial charge is 0.260 e. The van der Waals surface area contributed by atoms with Crippen LogP contribution in [0.25, 0.3) is 0 Å². The van der Waals surface area contributed by atoms with Crippen molar-refractivity contribution in [2.24, 2.45) is 23.7 Å². The van der Waals surface area contributed by atoms with Gasteiger partial charge in [0.1, 0.15) is 29.3 Å². The Hall–Kier alpha value is -4.12. The molecule has 7 rings (SSSR count). The zero-order valence-corrected chi connectivity index (χ0v) is 26.5. The summed E-state index contributed by atoms with van der Waals surface area (Å²) in [6.45, 7) is 1.65. The average Bonchev–Trinajstić information content (AvgIpc) is 3.69. The second-order valence-electron chi connectivity index (χ2n) is 12.1. The van der Waals surface area contributed by atoms with Gasteiger partial charge < -0.3 is 14.3 Å². The molecule has 0 radical (unpaired) electrons. The number of rotatable bonds is 7. The molecule has 1 saturated carbocycles. The second-order valence-corrected chi connectivity index (χ2v) is 12.9. The zero-order chi connectivity index (χ0) is 32.5. The number of fused-ring (bicyclic) bond motifs is 4. The van der Waals surface area contributed by atoms with Crippen LogP contribution >= 0.6 is 23.2 Å². The van der Waals surface area contributed by atoms with Gasteiger partial charge in [-0.15, -0.1) is 0 Å². The Morgan fingerprint density at radius 1 is 1.00 bits per heavy atom. The van der Waals surface area contributed by atoms with Crippen LogP contribution in [-0.4, -0.2) is 52.3 Å². The molecule has 3 aromatic rings. The molecule has 4 amide bonds. The predicted molar refractivity (Wildman–Crippen MR) is 168 cm³/mol. The molecule has 1 aromatic heterocycles. The lowest BCUT2D eigenvalue weighted by atomic mass is 9.50. The number of carbonyl (C=O) groups excluding carboxylic acids is 4. The summed E-state index contributed by atoms with van der Waals surface area (Å²) >= 11 is 12.6. The average molecular weight is 665 g/mol. The quantitative estimate of drug-likeness (QED) is 0.264. The fraction of sp³-hybridized carbons (Fsp3) is 0.353. The van der Waals surface area contributed by atoms with Crippen molar-refractivity contribution in [3.05, 3.63) is 93.4 Å². The third-order valence-corrected chi connectivity index (χ3v) is 10.7. The Bertz CT molecular complexity index is 1800. The van der Waals surface area contributed by atoms with Gasteiger partial charge in [0, 0.05) is 11.6 Å². The highest BCUT2D eigenvalue weighted by Crippen LogP contribution is 2.64. The number of likely N-dealkylation sites (tertiary alicyclic amines) is 1. The van der Waals surface area contributed by atoms with Crippen LogP contribution in [0.2, 0.25) is 10.0 Å². The van der Waals surface area contributed by atoms with E-state index in [9.17, 15) is 19.5 Å². The molecule has 0 unspecified atom stereocenters. The maximum Gasteiger partial charge on any atom is 0.260 e. The summed E-state index contributed by atoms with van der Waals surface area (Å²) in [4.78, 5) is 58.0. The number of hydrazine groups is 1. The summed E-state index contributed by atoms with van der Waals surface area (Å²) in [7, 11) is 1.54. The molecule has 2 aromatic carbocycles. The van der Waals surface area contributed by atoms with Gasteiger partial charge in [0.2, 0.25) is 11.8 Å². The Morgan fingerprint density at radius 2 is 1.76 bits per heavy atom. The molecule has 10 nitrogen and oxygen atoms in total. The monoisotopic (exact) mass is 663 g/mol. The minimum absolute atomic E-state index is 0.150. The van der Waals surface area contributed by atoms with Crippen LogP contribution < -0.4 is 10.2 Å². The van der Waals surface area contributed by atoms with Gasteiger partial charge in [-0.3, -0.25) is 29.5 Å². The number of carbonyl (C=O) groups is 4. The lowest BCUT2D eigenvalue weighted by molar-refractivity contribution is -0.141. The van der Waals surface area contributed by atoms with Crippen LogP contribution in [0.1, 0.15) is 42.8 Å². The van der Waals surface area contributed by atoms with Gasteiger partial charge >= 0.3 is 0 Å². The van der Waals surface area contributed by atoms with E-state index in [0.29, 0.717) is 34.2 Å². The first-order valence-corrected chi connectivity index (χ1v) is 15.9. The first-order chi connectivity index (χ1) is 22.1. The number of ether oxygens (including phenoxy) is 1. The maximum absolute atomic E-state index is 15.1. The molecular weight excluding hydrogens is 633 g/mol. The number of allylic oxidation sites excluding steroid dienone is 2. The third-order valence-electron chi connectivity index (χ3n) is 10.1. The van der Waals surface area contributed by atoms with Crippen molar-refractivity contribution in [1.29, 1.82) is 0 Å². The standard InChI is InChI=1S/C34H31Cl2N3O7/c1-3-38-30(41)22-11-10-21-23(28(22)32(38)43)15-24-31(42)39(37-26-12-6-18(35)14-25(26)36)33(44)34(24,17-4-7-19(45-2)8-5-17)29(21)27-13-9-20(16-40)46-27/h4-10,12-14,22-24,28-29,37,40H,3,11,15-16H2,1-2H3/t22-,23+,24-,28-,29+,34+/m0/s1. The SMILES string of the molecule is CCN1C(=O)[C@H]2[C@H](CC=C3[C@H]2C[C@H]2C(=O)N(Nc4ccc(Cl)cc4Cl)C(=O)[C@@]2(c2ccc(OC)cc2)[C@H]3c2ccc(CO)o2)C1=O. The van der Waals surface area contributed by atoms with Crippen molar-refractivity contribution in [2.45, 2.75) is 37.7 Å². The van der Waals surface area contributed by atoms with Crippen molar-refractivity contribution < 1.29 is 33.4 Å². The number of nitrogens with zero attached hydrogens (tertiary/aromatic N) is 2. The molecule has 3 heterocycles. The van der Waals surface area contributed by atoms with Crippen LogP contribution in [0.4, 0.5) is 5.69 Å². The number of aliphatic hydroxyl groups is 1. The van der Waals surface area contributed by atoms with E-state index in [2.05, 4.69) is 5.43 Å². The van der Waals surface area contributed by atoms with E-state index in [0.717, 1.165) is 10.6 Å². The summed E-state index contributed by atoms with van der Waals surface area (Å²) < 4.78 is 11.6. The van der Waals surface area contributed by atoms with E-state index in [-0.39, 0.29) is 42.2 Å². The number of imide groups is 2. The topological polar surface area (TPSA) is 129 Å². The second kappa shape index (κ2) is 11.3. The van der Waals surface area contributed by atoms with Gasteiger partial charge in [-0.1, -0.05) is 47.0 Å². The van der Waals surface area contributed by atoms with E-state index in [1.165, 1.54) is 18.1 Å². The highest BCUT2D eigenvalue weighted by molar-refractivity contribution is 6.36. The number of benzene rings is 2. The molecule has 2 saturated heterocycles. The Labute approximate surface area is 274 Å². The molecule has 2 aliphatic heterocycles. The maximum atomic E-state index is 15.1. The largest absolute Gasteiger partial charge is 0.497 e. The van der Waals surface area contributed by atoms with Gasteiger partial charge in [-0.25, -0.2) is 0 Å². The molecular formula is C34H31Cl2N3O7. The van der Waals surface area contributed by atoms with Crippen molar-refractivity contribution in [1.82, 2.24) is 9.91 Å². The first-order valence-electron chi connectivity index (χ1n) is 15.1. The third kappa shape index (κ3) is 4.27. The fourth-order valence-corrected chi connectivity index (χ4v) is 8.61. The Kier molecular flexibility index (Phi) is 7.49. The van der Waals surface area contributed by atoms with Crippen LogP contribution in [0.5, 0.6) is 5.75 Å². The molecule has 4 aliphatic rings. The fourth-order valence-electron chi connectivity index (χ4n) is 8.16. The number of methoxy groups -OCH3 is 1. The van der Waals surface area contributed by atoms with Crippen LogP contribution in [0.15, 0.2) is 70.7 Å². The highest BCUT2D eigenvalue weighted by atomic mass is 35.5. The Balaban J connectivity index is 1.45. The molecule has 2 N–H and O–H groups in total. The lowest BCUT2D eigenvalue weighted by Gasteiger charge is -2.49. The van der Waals surface area contributed by atoms with Gasteiger partial charge in [0.25, 0.3) is 11.8 Å². The van der Waals surface area contributed by atoms with E-state index >= 15 is 4.79 Å². The van der Waals surface area contributed by atoms with E-state index in [1.807, 2.05) is 6.08 Å². The molecule has 46 heavy (non-hydrogen) atoms. The summed E-state index contributed by atoms with van der Waals surface area (Å²) in [5.41, 5.74) is 3.06. The van der Waals surface area contributed by atoms with E-state index in [1.54, 1.807) is 55.5 Å². The van der Waals surface area contributed by atoms with E-state index < -0.39 is 46.8 Å². The number of anilines is 1. The summed E-state index contributed by atoms with van der Waals surface area (Å²) in [5, 5.41) is 11.5. The van der Waals surface area contributed by atoms with Gasteiger partial charge in [0.05, 0.1) is 41.5 Å². The van der Waals surface area contributed by atoms with Crippen molar-refractivity contribution in [3.8, 4) is 5.75 Å². The molecule has 6 atom stereocenters. The number of nitrogens with one attached hydrogen (secondary N) is 1. The number of furan rings is 1. The predicted octanol–water partition coefficient (Wildman–Crippen LogP) is 5.09. The minimum Gasteiger partial charge on any atom is -0.497 e.